The van der Waals surface area contributed by atoms with Crippen LogP contribution in [0.15, 0.2) is 84.0 Å². The van der Waals surface area contributed by atoms with Gasteiger partial charge in [0, 0.05) is 11.1 Å². The lowest BCUT2D eigenvalue weighted by molar-refractivity contribution is -0.123. The maximum absolute atomic E-state index is 13.1. The Bertz CT molecular complexity index is 1290. The summed E-state index contributed by atoms with van der Waals surface area (Å²) in [5.74, 6) is -1.49. The lowest BCUT2D eigenvalue weighted by Crippen LogP contribution is -2.48. The summed E-state index contributed by atoms with van der Waals surface area (Å²) < 4.78 is 13.1. The maximum atomic E-state index is 13.1. The van der Waals surface area contributed by atoms with Crippen LogP contribution in [-0.4, -0.2) is 24.1 Å². The number of nitrogens with one attached hydrogen (secondary N) is 2. The van der Waals surface area contributed by atoms with E-state index in [1.54, 1.807) is 6.21 Å². The highest BCUT2D eigenvalue weighted by molar-refractivity contribution is 6.13. The van der Waals surface area contributed by atoms with Crippen molar-refractivity contribution in [3.05, 3.63) is 95.8 Å². The van der Waals surface area contributed by atoms with Gasteiger partial charge in [0.05, 0.1) is 6.21 Å². The van der Waals surface area contributed by atoms with E-state index in [0.717, 1.165) is 27.1 Å². The number of hydrogen-bond acceptors (Lipinski definition) is 3. The summed E-state index contributed by atoms with van der Waals surface area (Å²) in [4.78, 5) is 25.3. The molecular weight excluding hydrogens is 417 g/mol. The first-order chi connectivity index (χ1) is 15.9. The average molecular weight is 442 g/mol. The SMILES string of the molecule is CC(C)C(NC(=O)c1ccc(F)cc1)C(=O)N/N=C/c1c2ccccc2cc2ccccc12. The second-order valence-corrected chi connectivity index (χ2v) is 8.17. The first kappa shape index (κ1) is 22.1. The zero-order chi connectivity index (χ0) is 23.4. The van der Waals surface area contributed by atoms with Crippen LogP contribution < -0.4 is 10.7 Å². The summed E-state index contributed by atoms with van der Waals surface area (Å²) in [6, 6.07) is 22.5. The normalized spacial score (nSPS) is 12.4. The molecule has 1 unspecified atom stereocenters. The molecule has 1 atom stereocenters. The molecule has 0 radical (unpaired) electrons. The largest absolute Gasteiger partial charge is 0.340 e. The Morgan fingerprint density at radius 3 is 2.03 bits per heavy atom. The van der Waals surface area contributed by atoms with Gasteiger partial charge in [0.15, 0.2) is 0 Å². The minimum atomic E-state index is -0.802. The number of carbonyl (C=O) groups excluding carboxylic acids is 2. The Labute approximate surface area is 191 Å². The lowest BCUT2D eigenvalue weighted by atomic mass is 9.97. The molecule has 6 heteroatoms. The molecule has 0 fully saturated rings. The Morgan fingerprint density at radius 2 is 1.45 bits per heavy atom. The van der Waals surface area contributed by atoms with E-state index in [1.165, 1.54) is 24.3 Å². The molecule has 0 aliphatic carbocycles. The molecule has 166 valence electrons. The van der Waals surface area contributed by atoms with Crippen LogP contribution >= 0.6 is 0 Å². The Balaban J connectivity index is 1.55. The smallest absolute Gasteiger partial charge is 0.262 e. The molecule has 0 aliphatic rings. The van der Waals surface area contributed by atoms with Gasteiger partial charge in [-0.1, -0.05) is 62.4 Å². The second kappa shape index (κ2) is 9.61. The highest BCUT2D eigenvalue weighted by Gasteiger charge is 2.24. The van der Waals surface area contributed by atoms with Crippen molar-refractivity contribution in [2.24, 2.45) is 11.0 Å². The monoisotopic (exact) mass is 441 g/mol. The average Bonchev–Trinajstić information content (AvgIpc) is 2.82. The molecule has 2 amide bonds. The van der Waals surface area contributed by atoms with Crippen molar-refractivity contribution in [1.29, 1.82) is 0 Å². The number of hydrogen-bond donors (Lipinski definition) is 2. The molecule has 33 heavy (non-hydrogen) atoms. The van der Waals surface area contributed by atoms with Crippen molar-refractivity contribution in [1.82, 2.24) is 10.7 Å². The van der Waals surface area contributed by atoms with E-state index >= 15 is 0 Å². The van der Waals surface area contributed by atoms with Crippen LogP contribution in [0.3, 0.4) is 0 Å². The van der Waals surface area contributed by atoms with E-state index in [4.69, 9.17) is 0 Å². The Morgan fingerprint density at radius 1 is 0.879 bits per heavy atom. The van der Waals surface area contributed by atoms with E-state index in [0.29, 0.717) is 0 Å². The number of carbonyl (C=O) groups is 2. The van der Waals surface area contributed by atoms with Gasteiger partial charge in [-0.05, 0) is 57.8 Å². The second-order valence-electron chi connectivity index (χ2n) is 8.17. The molecular formula is C27H24FN3O2. The molecule has 0 aliphatic heterocycles. The van der Waals surface area contributed by atoms with Gasteiger partial charge >= 0.3 is 0 Å². The standard InChI is InChI=1S/C27H24FN3O2/c1-17(2)25(30-26(32)18-11-13-21(28)14-12-18)27(33)31-29-16-24-22-9-5-3-7-19(22)15-20-8-4-6-10-23(20)24/h3-17,25H,1-2H3,(H,30,32)(H,31,33)/b29-16+. The van der Waals surface area contributed by atoms with Crippen molar-refractivity contribution in [2.75, 3.05) is 0 Å². The minimum Gasteiger partial charge on any atom is -0.340 e. The molecule has 4 aromatic rings. The van der Waals surface area contributed by atoms with Crippen molar-refractivity contribution >= 4 is 39.6 Å². The molecule has 0 saturated carbocycles. The number of rotatable bonds is 6. The van der Waals surface area contributed by atoms with Crippen molar-refractivity contribution in [2.45, 2.75) is 19.9 Å². The number of nitrogens with zero attached hydrogens (tertiary/aromatic N) is 1. The molecule has 0 aromatic heterocycles. The fourth-order valence-corrected chi connectivity index (χ4v) is 3.78. The molecule has 0 spiro atoms. The zero-order valence-electron chi connectivity index (χ0n) is 18.4. The van der Waals surface area contributed by atoms with Gasteiger partial charge in [-0.2, -0.15) is 5.10 Å². The van der Waals surface area contributed by atoms with Gasteiger partial charge in [0.25, 0.3) is 11.8 Å². The summed E-state index contributed by atoms with van der Waals surface area (Å²) in [5.41, 5.74) is 3.75. The molecule has 4 aromatic carbocycles. The third-order valence-electron chi connectivity index (χ3n) is 5.52. The van der Waals surface area contributed by atoms with Crippen LogP contribution in [0.25, 0.3) is 21.5 Å². The number of amides is 2. The zero-order valence-corrected chi connectivity index (χ0v) is 18.4. The van der Waals surface area contributed by atoms with Crippen LogP contribution in [0.1, 0.15) is 29.8 Å². The minimum absolute atomic E-state index is 0.178. The third-order valence-corrected chi connectivity index (χ3v) is 5.52. The molecule has 5 nitrogen and oxygen atoms in total. The number of fused-ring (bicyclic) bond motifs is 2. The summed E-state index contributed by atoms with van der Waals surface area (Å²) >= 11 is 0. The topological polar surface area (TPSA) is 70.6 Å². The van der Waals surface area contributed by atoms with Crippen LogP contribution in [-0.2, 0) is 4.79 Å². The third kappa shape index (κ3) is 4.90. The van der Waals surface area contributed by atoms with Crippen LogP contribution in [0.2, 0.25) is 0 Å². The van der Waals surface area contributed by atoms with Crippen molar-refractivity contribution in [3.8, 4) is 0 Å². The first-order valence-corrected chi connectivity index (χ1v) is 10.7. The predicted molar refractivity (Wildman–Crippen MR) is 130 cm³/mol. The van der Waals surface area contributed by atoms with E-state index in [2.05, 4.69) is 21.9 Å². The van der Waals surface area contributed by atoms with Gasteiger partial charge in [-0.25, -0.2) is 9.82 Å². The quantitative estimate of drug-likeness (QED) is 0.250. The molecule has 0 heterocycles. The fraction of sp³-hybridized carbons (Fsp3) is 0.148. The lowest BCUT2D eigenvalue weighted by Gasteiger charge is -2.20. The van der Waals surface area contributed by atoms with Gasteiger partial charge < -0.3 is 5.32 Å². The summed E-state index contributed by atoms with van der Waals surface area (Å²) in [5, 5.41) is 11.1. The van der Waals surface area contributed by atoms with E-state index in [9.17, 15) is 14.0 Å². The summed E-state index contributed by atoms with van der Waals surface area (Å²) in [7, 11) is 0. The highest BCUT2D eigenvalue weighted by atomic mass is 19.1. The Kier molecular flexibility index (Phi) is 6.45. The van der Waals surface area contributed by atoms with Crippen LogP contribution in [0, 0.1) is 11.7 Å². The Hall–Kier alpha value is -4.06. The number of benzene rings is 4. The molecule has 0 bridgehead atoms. The van der Waals surface area contributed by atoms with E-state index < -0.39 is 23.7 Å². The maximum Gasteiger partial charge on any atom is 0.262 e. The summed E-state index contributed by atoms with van der Waals surface area (Å²) in [6.07, 6.45) is 1.64. The van der Waals surface area contributed by atoms with Gasteiger partial charge in [-0.3, -0.25) is 9.59 Å². The molecule has 2 N–H and O–H groups in total. The van der Waals surface area contributed by atoms with Crippen LogP contribution in [0.4, 0.5) is 4.39 Å². The van der Waals surface area contributed by atoms with E-state index in [1.807, 2.05) is 62.4 Å². The van der Waals surface area contributed by atoms with Crippen molar-refractivity contribution in [3.63, 3.8) is 0 Å². The van der Waals surface area contributed by atoms with E-state index in [-0.39, 0.29) is 11.5 Å². The molecule has 4 rings (SSSR count). The summed E-state index contributed by atoms with van der Waals surface area (Å²) in [6.45, 7) is 3.66. The highest BCUT2D eigenvalue weighted by Crippen LogP contribution is 2.27. The number of halogens is 1. The van der Waals surface area contributed by atoms with Crippen LogP contribution in [0.5, 0.6) is 0 Å². The number of hydrazone groups is 1. The van der Waals surface area contributed by atoms with Gasteiger partial charge in [0.1, 0.15) is 11.9 Å². The van der Waals surface area contributed by atoms with Gasteiger partial charge in [0.2, 0.25) is 0 Å². The van der Waals surface area contributed by atoms with Gasteiger partial charge in [-0.15, -0.1) is 0 Å². The fourth-order valence-electron chi connectivity index (χ4n) is 3.78. The molecule has 0 saturated heterocycles. The van der Waals surface area contributed by atoms with Crippen molar-refractivity contribution < 1.29 is 14.0 Å². The predicted octanol–water partition coefficient (Wildman–Crippen LogP) is 5.04. The first-order valence-electron chi connectivity index (χ1n) is 10.7.